The van der Waals surface area contributed by atoms with Gasteiger partial charge in [0.2, 0.25) is 5.91 Å². The lowest BCUT2D eigenvalue weighted by atomic mass is 10.1. The van der Waals surface area contributed by atoms with Gasteiger partial charge in [0.15, 0.2) is 9.76 Å². The lowest BCUT2D eigenvalue weighted by Gasteiger charge is -2.10. The monoisotopic (exact) mass is 352 g/mol. The number of nitrogens with one attached hydrogen (secondary N) is 1. The number of carbonyl (C=O) groups is 2. The molecular formula is C14H32N2O6Si. The maximum absolute atomic E-state index is 11.5. The molecule has 0 fully saturated rings. The van der Waals surface area contributed by atoms with E-state index < -0.39 is 21.7 Å². The van der Waals surface area contributed by atoms with Gasteiger partial charge >= 0.3 is 5.97 Å². The smallest absolute Gasteiger partial charge is 0.325 e. The summed E-state index contributed by atoms with van der Waals surface area (Å²) in [6.45, 7) is 10.1. The Balaban J connectivity index is 0. The number of rotatable bonds is 12. The van der Waals surface area contributed by atoms with Crippen LogP contribution in [-0.2, 0) is 28.6 Å². The molecule has 0 aromatic carbocycles. The van der Waals surface area contributed by atoms with Gasteiger partial charge in [-0.05, 0) is 33.2 Å². The van der Waals surface area contributed by atoms with E-state index in [1.54, 1.807) is 6.92 Å². The third-order valence-electron chi connectivity index (χ3n) is 2.59. The molecule has 0 aliphatic carbocycles. The maximum Gasteiger partial charge on any atom is 0.325 e. The Morgan fingerprint density at radius 1 is 1.13 bits per heavy atom. The summed E-state index contributed by atoms with van der Waals surface area (Å²) in [4.78, 5) is 35.3. The van der Waals surface area contributed by atoms with Crippen molar-refractivity contribution in [3.8, 4) is 0 Å². The molecule has 0 radical (unpaired) electrons. The Hall–Kier alpha value is -1.00. The average Bonchev–Trinajstić information content (AvgIpc) is 2.56. The van der Waals surface area contributed by atoms with Gasteiger partial charge in [-0.1, -0.05) is 6.92 Å². The zero-order valence-electron chi connectivity index (χ0n) is 14.8. The van der Waals surface area contributed by atoms with Gasteiger partial charge in [0.1, 0.15) is 0 Å². The standard InChI is InChI=1S/C10H22N2O4Si.C4H10O2/c1-3-15-17-6-4-5-12-10(14)8(2)7-9(13)16-11;1-3-5-6-4-2/h8H,3-7,11,17H2,1-2H3,(H,12,14);3-4H2,1-2H3/t8-;/m1./s1. The lowest BCUT2D eigenvalue weighted by Crippen LogP contribution is -2.32. The van der Waals surface area contributed by atoms with Crippen molar-refractivity contribution in [3.63, 3.8) is 0 Å². The van der Waals surface area contributed by atoms with Crippen LogP contribution in [0.1, 0.15) is 40.5 Å². The molecule has 0 rings (SSSR count). The summed E-state index contributed by atoms with van der Waals surface area (Å²) in [6, 6.07) is 1.05. The molecule has 0 unspecified atom stereocenters. The van der Waals surface area contributed by atoms with E-state index in [-0.39, 0.29) is 12.3 Å². The quantitative estimate of drug-likeness (QED) is 0.227. The minimum atomic E-state index is -0.573. The molecule has 9 heteroatoms. The van der Waals surface area contributed by atoms with Gasteiger partial charge in [-0.3, -0.25) is 9.59 Å². The van der Waals surface area contributed by atoms with E-state index >= 15 is 0 Å². The predicted octanol–water partition coefficient (Wildman–Crippen LogP) is 0.449. The first kappa shape index (κ1) is 24.3. The van der Waals surface area contributed by atoms with Gasteiger partial charge in [-0.15, -0.1) is 0 Å². The SMILES string of the molecule is CCOOCC.CCO[SiH2]CCCNC(=O)[C@H](C)CC(=O)ON. The summed E-state index contributed by atoms with van der Waals surface area (Å²) in [6.07, 6.45) is 0.933. The molecular weight excluding hydrogens is 320 g/mol. The van der Waals surface area contributed by atoms with E-state index in [1.165, 1.54) is 0 Å². The second kappa shape index (κ2) is 19.0. The van der Waals surface area contributed by atoms with Crippen molar-refractivity contribution in [1.82, 2.24) is 5.32 Å². The highest BCUT2D eigenvalue weighted by molar-refractivity contribution is 6.26. The summed E-state index contributed by atoms with van der Waals surface area (Å²) in [5.74, 6) is 3.57. The van der Waals surface area contributed by atoms with Crippen molar-refractivity contribution in [3.05, 3.63) is 0 Å². The van der Waals surface area contributed by atoms with Crippen LogP contribution in [0.5, 0.6) is 0 Å². The fourth-order valence-electron chi connectivity index (χ4n) is 1.42. The lowest BCUT2D eigenvalue weighted by molar-refractivity contribution is -0.287. The fourth-order valence-corrected chi connectivity index (χ4v) is 2.36. The average molecular weight is 353 g/mol. The van der Waals surface area contributed by atoms with Crippen molar-refractivity contribution in [2.75, 3.05) is 26.4 Å². The van der Waals surface area contributed by atoms with Crippen LogP contribution in [0.3, 0.4) is 0 Å². The van der Waals surface area contributed by atoms with Crippen molar-refractivity contribution >= 4 is 21.6 Å². The minimum Gasteiger partial charge on any atom is -0.424 e. The van der Waals surface area contributed by atoms with Gasteiger partial charge in [0.05, 0.1) is 19.6 Å². The fraction of sp³-hybridized carbons (Fsp3) is 0.857. The van der Waals surface area contributed by atoms with E-state index in [4.69, 9.17) is 10.3 Å². The highest BCUT2D eigenvalue weighted by atomic mass is 28.2. The Morgan fingerprint density at radius 3 is 2.22 bits per heavy atom. The first-order valence-electron chi connectivity index (χ1n) is 8.02. The molecule has 0 aromatic heterocycles. The zero-order valence-corrected chi connectivity index (χ0v) is 16.2. The molecule has 0 aliphatic rings. The van der Waals surface area contributed by atoms with Crippen molar-refractivity contribution in [1.29, 1.82) is 0 Å². The number of carbonyl (C=O) groups excluding carboxylic acids is 2. The number of hydrogen-bond donors (Lipinski definition) is 2. The molecule has 0 aliphatic heterocycles. The molecule has 0 heterocycles. The van der Waals surface area contributed by atoms with Crippen LogP contribution in [-0.4, -0.2) is 48.0 Å². The first-order valence-corrected chi connectivity index (χ1v) is 9.60. The van der Waals surface area contributed by atoms with Crippen molar-refractivity contribution < 1.29 is 28.6 Å². The van der Waals surface area contributed by atoms with Crippen LogP contribution in [0, 0.1) is 5.92 Å². The highest BCUT2D eigenvalue weighted by Gasteiger charge is 2.16. The molecule has 0 saturated carbocycles. The largest absolute Gasteiger partial charge is 0.424 e. The number of hydrogen-bond acceptors (Lipinski definition) is 7. The van der Waals surface area contributed by atoms with E-state index in [0.29, 0.717) is 19.8 Å². The van der Waals surface area contributed by atoms with Gasteiger partial charge in [0.25, 0.3) is 0 Å². The Morgan fingerprint density at radius 2 is 1.74 bits per heavy atom. The molecule has 1 amide bonds. The number of nitrogens with two attached hydrogens (primary N) is 1. The molecule has 0 aromatic rings. The van der Waals surface area contributed by atoms with E-state index in [9.17, 15) is 9.59 Å². The summed E-state index contributed by atoms with van der Waals surface area (Å²) < 4.78 is 5.31. The third kappa shape index (κ3) is 18.9. The Bertz CT molecular complexity index is 290. The number of amides is 1. The Kier molecular flexibility index (Phi) is 20.1. The van der Waals surface area contributed by atoms with Gasteiger partial charge < -0.3 is 14.6 Å². The van der Waals surface area contributed by atoms with Crippen LogP contribution in [0.25, 0.3) is 0 Å². The topological polar surface area (TPSA) is 109 Å². The molecule has 0 bridgehead atoms. The van der Waals surface area contributed by atoms with Crippen LogP contribution in [0.15, 0.2) is 0 Å². The van der Waals surface area contributed by atoms with Crippen molar-refractivity contribution in [2.45, 2.75) is 46.6 Å². The van der Waals surface area contributed by atoms with Gasteiger partial charge in [-0.2, -0.15) is 5.90 Å². The van der Waals surface area contributed by atoms with Crippen LogP contribution < -0.4 is 11.2 Å². The molecule has 0 saturated heterocycles. The summed E-state index contributed by atoms with van der Waals surface area (Å²) in [7, 11) is -0.417. The summed E-state index contributed by atoms with van der Waals surface area (Å²) in [5, 5.41) is 2.77. The second-order valence-electron chi connectivity index (χ2n) is 4.60. The van der Waals surface area contributed by atoms with E-state index in [0.717, 1.165) is 19.1 Å². The molecule has 3 N–H and O–H groups in total. The molecule has 8 nitrogen and oxygen atoms in total. The Labute approximate surface area is 141 Å². The minimum absolute atomic E-state index is 0.00995. The van der Waals surface area contributed by atoms with Crippen LogP contribution in [0.4, 0.5) is 0 Å². The summed E-state index contributed by atoms with van der Waals surface area (Å²) in [5.41, 5.74) is 0. The predicted molar refractivity (Wildman–Crippen MR) is 89.9 cm³/mol. The van der Waals surface area contributed by atoms with Gasteiger partial charge in [0, 0.05) is 19.1 Å². The van der Waals surface area contributed by atoms with E-state index in [2.05, 4.69) is 19.9 Å². The maximum atomic E-state index is 11.5. The van der Waals surface area contributed by atoms with Gasteiger partial charge in [-0.25, -0.2) is 9.78 Å². The third-order valence-corrected chi connectivity index (χ3v) is 4.08. The van der Waals surface area contributed by atoms with Crippen LogP contribution in [0.2, 0.25) is 6.04 Å². The summed E-state index contributed by atoms with van der Waals surface area (Å²) >= 11 is 0. The normalized spacial score (nSPS) is 11.7. The molecule has 1 atom stereocenters. The molecule has 23 heavy (non-hydrogen) atoms. The van der Waals surface area contributed by atoms with E-state index in [1.807, 2.05) is 20.8 Å². The zero-order chi connectivity index (χ0) is 17.9. The molecule has 138 valence electrons. The van der Waals surface area contributed by atoms with Crippen LogP contribution >= 0.6 is 0 Å². The molecule has 0 spiro atoms. The highest BCUT2D eigenvalue weighted by Crippen LogP contribution is 2.02. The first-order chi connectivity index (χ1) is 11.0. The van der Waals surface area contributed by atoms with Crippen molar-refractivity contribution in [2.24, 2.45) is 11.8 Å². The second-order valence-corrected chi connectivity index (χ2v) is 6.13.